The molecule has 1 heterocycles. The number of imidazole rings is 1. The highest BCUT2D eigenvalue weighted by Gasteiger charge is 2.00. The summed E-state index contributed by atoms with van der Waals surface area (Å²) in [5.74, 6) is 1.21. The predicted octanol–water partition coefficient (Wildman–Crippen LogP) is 5.14. The molecular weight excluding hydrogens is 232 g/mol. The topological polar surface area (TPSA) is 17.8 Å². The molecule has 108 valence electrons. The zero-order chi connectivity index (χ0) is 13.8. The number of aryl methyl sites for hydroxylation is 1. The molecule has 0 radical (unpaired) electrons. The molecule has 0 aromatic carbocycles. The zero-order valence-electron chi connectivity index (χ0n) is 12.6. The van der Waals surface area contributed by atoms with Crippen LogP contribution >= 0.6 is 0 Å². The summed E-state index contributed by atoms with van der Waals surface area (Å²) in [7, 11) is 0. The van der Waals surface area contributed by atoms with Crippen molar-refractivity contribution in [3.63, 3.8) is 0 Å². The van der Waals surface area contributed by atoms with Gasteiger partial charge in [-0.3, -0.25) is 0 Å². The first-order chi connectivity index (χ1) is 9.38. The van der Waals surface area contributed by atoms with Crippen LogP contribution < -0.4 is 0 Å². The Labute approximate surface area is 118 Å². The molecule has 0 aliphatic heterocycles. The Hall–Kier alpha value is -1.05. The SMILES string of the molecule is C=CCn1ccnc1CCCCCCCCCCC. The Balaban J connectivity index is 1.98. The van der Waals surface area contributed by atoms with Gasteiger partial charge in [-0.25, -0.2) is 4.98 Å². The van der Waals surface area contributed by atoms with Crippen LogP contribution in [0.25, 0.3) is 0 Å². The van der Waals surface area contributed by atoms with Gasteiger partial charge in [0, 0.05) is 25.4 Å². The van der Waals surface area contributed by atoms with Gasteiger partial charge in [-0.2, -0.15) is 0 Å². The molecule has 1 rings (SSSR count). The quantitative estimate of drug-likeness (QED) is 0.376. The molecule has 0 saturated heterocycles. The van der Waals surface area contributed by atoms with Crippen molar-refractivity contribution in [3.8, 4) is 0 Å². The zero-order valence-corrected chi connectivity index (χ0v) is 12.6. The highest BCUT2D eigenvalue weighted by atomic mass is 15.0. The van der Waals surface area contributed by atoms with Gasteiger partial charge in [0.05, 0.1) is 0 Å². The fraction of sp³-hybridized carbons (Fsp3) is 0.706. The third kappa shape index (κ3) is 7.19. The van der Waals surface area contributed by atoms with E-state index in [0.29, 0.717) is 0 Å². The molecule has 0 N–H and O–H groups in total. The molecule has 2 nitrogen and oxygen atoms in total. The van der Waals surface area contributed by atoms with Crippen molar-refractivity contribution in [2.75, 3.05) is 0 Å². The van der Waals surface area contributed by atoms with Crippen LogP contribution in [0.1, 0.15) is 70.5 Å². The van der Waals surface area contributed by atoms with Gasteiger partial charge < -0.3 is 4.57 Å². The molecule has 0 spiro atoms. The summed E-state index contributed by atoms with van der Waals surface area (Å²) < 4.78 is 2.19. The number of hydrogen-bond donors (Lipinski definition) is 0. The van der Waals surface area contributed by atoms with Crippen molar-refractivity contribution in [1.82, 2.24) is 9.55 Å². The van der Waals surface area contributed by atoms with E-state index in [1.165, 1.54) is 63.6 Å². The lowest BCUT2D eigenvalue weighted by atomic mass is 10.1. The summed E-state index contributed by atoms with van der Waals surface area (Å²) in [6, 6.07) is 0. The molecule has 1 aromatic rings. The third-order valence-corrected chi connectivity index (χ3v) is 3.63. The molecular formula is C17H30N2. The summed E-state index contributed by atoms with van der Waals surface area (Å²) in [6.45, 7) is 6.94. The largest absolute Gasteiger partial charge is 0.331 e. The maximum absolute atomic E-state index is 4.42. The van der Waals surface area contributed by atoms with Crippen molar-refractivity contribution in [2.45, 2.75) is 77.7 Å². The third-order valence-electron chi connectivity index (χ3n) is 3.63. The summed E-state index contributed by atoms with van der Waals surface area (Å²) in [4.78, 5) is 4.42. The maximum atomic E-state index is 4.42. The lowest BCUT2D eigenvalue weighted by Crippen LogP contribution is -2.01. The number of allylic oxidation sites excluding steroid dienone is 1. The second-order valence-electron chi connectivity index (χ2n) is 5.36. The Morgan fingerprint density at radius 1 is 1.05 bits per heavy atom. The van der Waals surface area contributed by atoms with Crippen LogP contribution in [0, 0.1) is 0 Å². The first-order valence-corrected chi connectivity index (χ1v) is 7.99. The van der Waals surface area contributed by atoms with Gasteiger partial charge in [0.2, 0.25) is 0 Å². The van der Waals surface area contributed by atoms with E-state index < -0.39 is 0 Å². The Morgan fingerprint density at radius 2 is 1.68 bits per heavy atom. The minimum absolute atomic E-state index is 0.882. The van der Waals surface area contributed by atoms with Gasteiger partial charge in [-0.1, -0.05) is 64.4 Å². The van der Waals surface area contributed by atoms with E-state index >= 15 is 0 Å². The van der Waals surface area contributed by atoms with Gasteiger partial charge in [0.25, 0.3) is 0 Å². The van der Waals surface area contributed by atoms with Crippen molar-refractivity contribution < 1.29 is 0 Å². The number of rotatable bonds is 12. The van der Waals surface area contributed by atoms with Gasteiger partial charge in [0.15, 0.2) is 0 Å². The van der Waals surface area contributed by atoms with Gasteiger partial charge in [0.1, 0.15) is 5.82 Å². The van der Waals surface area contributed by atoms with E-state index in [9.17, 15) is 0 Å². The van der Waals surface area contributed by atoms with Crippen molar-refractivity contribution in [2.24, 2.45) is 0 Å². The monoisotopic (exact) mass is 262 g/mol. The number of unbranched alkanes of at least 4 members (excludes halogenated alkanes) is 8. The summed E-state index contributed by atoms with van der Waals surface area (Å²) >= 11 is 0. The molecule has 0 unspecified atom stereocenters. The van der Waals surface area contributed by atoms with E-state index in [2.05, 4.69) is 23.1 Å². The van der Waals surface area contributed by atoms with E-state index in [1.54, 1.807) is 0 Å². The molecule has 1 aromatic heterocycles. The van der Waals surface area contributed by atoms with E-state index in [0.717, 1.165) is 13.0 Å². The minimum atomic E-state index is 0.882. The molecule has 19 heavy (non-hydrogen) atoms. The molecule has 0 amide bonds. The van der Waals surface area contributed by atoms with Crippen LogP contribution in [0.2, 0.25) is 0 Å². The van der Waals surface area contributed by atoms with Crippen LogP contribution in [0.15, 0.2) is 25.0 Å². The van der Waals surface area contributed by atoms with E-state index in [-0.39, 0.29) is 0 Å². The first-order valence-electron chi connectivity index (χ1n) is 7.99. The highest BCUT2D eigenvalue weighted by Crippen LogP contribution is 2.11. The van der Waals surface area contributed by atoms with Crippen LogP contribution in [0.5, 0.6) is 0 Å². The average Bonchev–Trinajstić information content (AvgIpc) is 2.85. The molecule has 0 atom stereocenters. The smallest absolute Gasteiger partial charge is 0.108 e. The molecule has 0 fully saturated rings. The fourth-order valence-corrected chi connectivity index (χ4v) is 2.47. The fourth-order valence-electron chi connectivity index (χ4n) is 2.47. The first kappa shape index (κ1) is 16.0. The van der Waals surface area contributed by atoms with Gasteiger partial charge in [-0.05, 0) is 6.42 Å². The predicted molar refractivity (Wildman–Crippen MR) is 83.4 cm³/mol. The lowest BCUT2D eigenvalue weighted by Gasteiger charge is -2.05. The maximum Gasteiger partial charge on any atom is 0.108 e. The standard InChI is InChI=1S/C17H30N2/c1-3-5-6-7-8-9-10-11-12-13-17-18-14-16-19(17)15-4-2/h4,14,16H,2-3,5-13,15H2,1H3. The van der Waals surface area contributed by atoms with E-state index in [1.807, 2.05) is 18.5 Å². The van der Waals surface area contributed by atoms with Crippen LogP contribution in [-0.2, 0) is 13.0 Å². The molecule has 0 saturated carbocycles. The molecule has 0 aliphatic rings. The normalized spacial score (nSPS) is 10.8. The Kier molecular flexibility index (Phi) is 9.13. The lowest BCUT2D eigenvalue weighted by molar-refractivity contribution is 0.558. The molecule has 2 heteroatoms. The molecule has 0 bridgehead atoms. The minimum Gasteiger partial charge on any atom is -0.331 e. The van der Waals surface area contributed by atoms with Crippen LogP contribution in [0.3, 0.4) is 0 Å². The van der Waals surface area contributed by atoms with Crippen molar-refractivity contribution >= 4 is 0 Å². The van der Waals surface area contributed by atoms with Crippen molar-refractivity contribution in [3.05, 3.63) is 30.9 Å². The average molecular weight is 262 g/mol. The Bertz CT molecular complexity index is 328. The van der Waals surface area contributed by atoms with Gasteiger partial charge >= 0.3 is 0 Å². The summed E-state index contributed by atoms with van der Waals surface area (Å²) in [6.07, 6.45) is 19.4. The van der Waals surface area contributed by atoms with Crippen LogP contribution in [0.4, 0.5) is 0 Å². The number of aromatic nitrogens is 2. The van der Waals surface area contributed by atoms with E-state index in [4.69, 9.17) is 0 Å². The molecule has 0 aliphatic carbocycles. The van der Waals surface area contributed by atoms with Gasteiger partial charge in [-0.15, -0.1) is 6.58 Å². The second-order valence-corrected chi connectivity index (χ2v) is 5.36. The second kappa shape index (κ2) is 10.8. The number of hydrogen-bond acceptors (Lipinski definition) is 1. The Morgan fingerprint density at radius 3 is 2.32 bits per heavy atom. The summed E-state index contributed by atoms with van der Waals surface area (Å²) in [5.41, 5.74) is 0. The highest BCUT2D eigenvalue weighted by molar-refractivity contribution is 4.94. The van der Waals surface area contributed by atoms with Crippen molar-refractivity contribution in [1.29, 1.82) is 0 Å². The number of nitrogens with zero attached hydrogens (tertiary/aromatic N) is 2. The van der Waals surface area contributed by atoms with Crippen LogP contribution in [-0.4, -0.2) is 9.55 Å². The summed E-state index contributed by atoms with van der Waals surface area (Å²) in [5, 5.41) is 0.